The summed E-state index contributed by atoms with van der Waals surface area (Å²) in [5.41, 5.74) is -0.752. The summed E-state index contributed by atoms with van der Waals surface area (Å²) in [5.74, 6) is 0.331. The molecule has 2 unspecified atom stereocenters. The van der Waals surface area contributed by atoms with Crippen LogP contribution in [0.5, 0.6) is 0 Å². The van der Waals surface area contributed by atoms with Crippen molar-refractivity contribution in [1.82, 2.24) is 5.32 Å². The van der Waals surface area contributed by atoms with Gasteiger partial charge in [-0.25, -0.2) is 0 Å². The van der Waals surface area contributed by atoms with E-state index in [9.17, 15) is 17.4 Å². The lowest BCUT2D eigenvalue weighted by atomic mass is 10.2. The predicted octanol–water partition coefficient (Wildman–Crippen LogP) is 3.59. The van der Waals surface area contributed by atoms with Crippen molar-refractivity contribution in [2.75, 3.05) is 12.3 Å². The van der Waals surface area contributed by atoms with Crippen LogP contribution in [0.2, 0.25) is 0 Å². The zero-order chi connectivity index (χ0) is 15.2. The molecule has 0 amide bonds. The molecule has 1 rings (SSSR count). The van der Waals surface area contributed by atoms with Gasteiger partial charge in [-0.15, -0.1) is 0 Å². The van der Waals surface area contributed by atoms with Gasteiger partial charge in [0.15, 0.2) is 0 Å². The number of alkyl halides is 3. The second kappa shape index (κ2) is 7.78. The third-order valence-corrected chi connectivity index (χ3v) is 4.44. The summed E-state index contributed by atoms with van der Waals surface area (Å²) in [5, 5.41) is 3.25. The van der Waals surface area contributed by atoms with E-state index in [0.29, 0.717) is 5.75 Å². The van der Waals surface area contributed by atoms with Crippen LogP contribution in [0, 0.1) is 0 Å². The summed E-state index contributed by atoms with van der Waals surface area (Å²) >= 11 is 0. The van der Waals surface area contributed by atoms with Crippen molar-refractivity contribution >= 4 is 10.8 Å². The highest BCUT2D eigenvalue weighted by molar-refractivity contribution is 7.85. The number of benzene rings is 1. The van der Waals surface area contributed by atoms with E-state index in [1.54, 1.807) is 0 Å². The maximum Gasteiger partial charge on any atom is 0.416 e. The lowest BCUT2D eigenvalue weighted by Crippen LogP contribution is -2.34. The van der Waals surface area contributed by atoms with E-state index in [2.05, 4.69) is 5.32 Å². The number of rotatable bonds is 7. The van der Waals surface area contributed by atoms with Gasteiger partial charge in [0.05, 0.1) is 16.4 Å². The topological polar surface area (TPSA) is 29.1 Å². The van der Waals surface area contributed by atoms with Gasteiger partial charge in [0.1, 0.15) is 0 Å². The molecule has 1 aromatic rings. The van der Waals surface area contributed by atoms with Gasteiger partial charge < -0.3 is 5.32 Å². The molecule has 0 fully saturated rings. The first kappa shape index (κ1) is 17.2. The Morgan fingerprint density at radius 3 is 2.55 bits per heavy atom. The second-order valence-electron chi connectivity index (χ2n) is 4.60. The largest absolute Gasteiger partial charge is 0.416 e. The minimum atomic E-state index is -4.40. The van der Waals surface area contributed by atoms with Crippen LogP contribution >= 0.6 is 0 Å². The lowest BCUT2D eigenvalue weighted by Gasteiger charge is -2.16. The molecular formula is C14H20F3NOS. The predicted molar refractivity (Wildman–Crippen MR) is 75.1 cm³/mol. The Hall–Kier alpha value is -0.880. The summed E-state index contributed by atoms with van der Waals surface area (Å²) in [4.78, 5) is 0.233. The maximum absolute atomic E-state index is 12.6. The summed E-state index contributed by atoms with van der Waals surface area (Å²) in [6.07, 6.45) is -2.64. The van der Waals surface area contributed by atoms with Crippen LogP contribution in [-0.2, 0) is 17.0 Å². The Morgan fingerprint density at radius 1 is 1.30 bits per heavy atom. The maximum atomic E-state index is 12.6. The first-order valence-electron chi connectivity index (χ1n) is 6.67. The van der Waals surface area contributed by atoms with Crippen molar-refractivity contribution < 1.29 is 17.4 Å². The van der Waals surface area contributed by atoms with Crippen LogP contribution in [-0.4, -0.2) is 22.5 Å². The van der Waals surface area contributed by atoms with Gasteiger partial charge in [-0.2, -0.15) is 13.2 Å². The van der Waals surface area contributed by atoms with Crippen molar-refractivity contribution in [1.29, 1.82) is 0 Å². The molecule has 0 saturated heterocycles. The standard InChI is InChI=1S/C14H20F3NOS/c1-3-8-18-12(4-2)10-20(19)13-7-5-6-11(9-13)14(15,16)17/h5-7,9,12,18H,3-4,8,10H2,1-2H3. The smallest absolute Gasteiger partial charge is 0.313 e. The molecular weight excluding hydrogens is 287 g/mol. The van der Waals surface area contributed by atoms with Gasteiger partial charge in [-0.1, -0.05) is 19.9 Å². The molecule has 0 radical (unpaired) electrons. The Labute approximate surface area is 120 Å². The van der Waals surface area contributed by atoms with E-state index in [0.717, 1.165) is 31.5 Å². The fourth-order valence-corrected chi connectivity index (χ4v) is 3.16. The Morgan fingerprint density at radius 2 is 2.00 bits per heavy atom. The highest BCUT2D eigenvalue weighted by atomic mass is 32.2. The fraction of sp³-hybridized carbons (Fsp3) is 0.571. The average Bonchev–Trinajstić information content (AvgIpc) is 2.42. The van der Waals surface area contributed by atoms with E-state index < -0.39 is 22.5 Å². The minimum Gasteiger partial charge on any atom is -0.313 e. The van der Waals surface area contributed by atoms with Crippen molar-refractivity contribution in [3.8, 4) is 0 Å². The number of nitrogens with one attached hydrogen (secondary N) is 1. The van der Waals surface area contributed by atoms with Gasteiger partial charge >= 0.3 is 6.18 Å². The molecule has 0 aliphatic rings. The summed E-state index contributed by atoms with van der Waals surface area (Å²) in [6, 6.07) is 4.81. The first-order valence-corrected chi connectivity index (χ1v) is 7.99. The summed E-state index contributed by atoms with van der Waals surface area (Å²) in [6.45, 7) is 4.82. The highest BCUT2D eigenvalue weighted by Crippen LogP contribution is 2.30. The van der Waals surface area contributed by atoms with E-state index >= 15 is 0 Å². The first-order chi connectivity index (χ1) is 9.38. The fourth-order valence-electron chi connectivity index (χ4n) is 1.76. The monoisotopic (exact) mass is 307 g/mol. The molecule has 1 N–H and O–H groups in total. The Kier molecular flexibility index (Phi) is 6.68. The van der Waals surface area contributed by atoms with Gasteiger partial charge in [0.25, 0.3) is 0 Å². The molecule has 0 bridgehead atoms. The molecule has 2 nitrogen and oxygen atoms in total. The van der Waals surface area contributed by atoms with Crippen LogP contribution in [0.15, 0.2) is 29.2 Å². The zero-order valence-electron chi connectivity index (χ0n) is 11.7. The van der Waals surface area contributed by atoms with Gasteiger partial charge in [0, 0.05) is 16.7 Å². The minimum absolute atomic E-state index is 0.0605. The van der Waals surface area contributed by atoms with Crippen LogP contribution in [0.1, 0.15) is 32.3 Å². The van der Waals surface area contributed by atoms with Crippen molar-refractivity contribution in [2.45, 2.75) is 43.8 Å². The average molecular weight is 307 g/mol. The van der Waals surface area contributed by atoms with Crippen molar-refractivity contribution in [2.24, 2.45) is 0 Å². The molecule has 0 heterocycles. The molecule has 20 heavy (non-hydrogen) atoms. The van der Waals surface area contributed by atoms with Crippen LogP contribution < -0.4 is 5.32 Å². The van der Waals surface area contributed by atoms with Gasteiger partial charge in [-0.05, 0) is 37.6 Å². The van der Waals surface area contributed by atoms with Crippen LogP contribution in [0.3, 0.4) is 0 Å². The van der Waals surface area contributed by atoms with Crippen molar-refractivity contribution in [3.63, 3.8) is 0 Å². The van der Waals surface area contributed by atoms with Gasteiger partial charge in [0.2, 0.25) is 0 Å². The van der Waals surface area contributed by atoms with E-state index in [-0.39, 0.29) is 10.9 Å². The highest BCUT2D eigenvalue weighted by Gasteiger charge is 2.30. The SMILES string of the molecule is CCCNC(CC)CS(=O)c1cccc(C(F)(F)F)c1. The third-order valence-electron chi connectivity index (χ3n) is 2.95. The van der Waals surface area contributed by atoms with Crippen molar-refractivity contribution in [3.05, 3.63) is 29.8 Å². The lowest BCUT2D eigenvalue weighted by molar-refractivity contribution is -0.137. The molecule has 0 saturated carbocycles. The molecule has 2 atom stereocenters. The third kappa shape index (κ3) is 5.25. The molecule has 6 heteroatoms. The quantitative estimate of drug-likeness (QED) is 0.834. The summed E-state index contributed by atoms with van der Waals surface area (Å²) in [7, 11) is -1.42. The molecule has 0 spiro atoms. The van der Waals surface area contributed by atoms with E-state index in [4.69, 9.17) is 0 Å². The normalized spacial score (nSPS) is 15.1. The number of halogens is 3. The molecule has 0 aliphatic carbocycles. The zero-order valence-corrected chi connectivity index (χ0v) is 12.5. The summed E-state index contributed by atoms with van der Waals surface area (Å²) < 4.78 is 50.0. The van der Waals surface area contributed by atoms with Crippen LogP contribution in [0.25, 0.3) is 0 Å². The van der Waals surface area contributed by atoms with E-state index in [1.165, 1.54) is 12.1 Å². The molecule has 1 aromatic carbocycles. The molecule has 0 aliphatic heterocycles. The van der Waals surface area contributed by atoms with Crippen LogP contribution in [0.4, 0.5) is 13.2 Å². The van der Waals surface area contributed by atoms with E-state index in [1.807, 2.05) is 13.8 Å². The number of hydrogen-bond acceptors (Lipinski definition) is 2. The molecule has 114 valence electrons. The number of hydrogen-bond donors (Lipinski definition) is 1. The second-order valence-corrected chi connectivity index (χ2v) is 6.09. The Balaban J connectivity index is 2.76. The Bertz CT molecular complexity index is 448. The molecule has 0 aromatic heterocycles. The van der Waals surface area contributed by atoms with Gasteiger partial charge in [-0.3, -0.25) is 4.21 Å².